The van der Waals surface area contributed by atoms with Gasteiger partial charge in [0.15, 0.2) is 5.82 Å². The van der Waals surface area contributed by atoms with Gasteiger partial charge in [0.2, 0.25) is 0 Å². The molecule has 3 aromatic rings. The van der Waals surface area contributed by atoms with E-state index in [0.29, 0.717) is 22.9 Å². The third kappa shape index (κ3) is 2.96. The number of hydrogen-bond acceptors (Lipinski definition) is 7. The summed E-state index contributed by atoms with van der Waals surface area (Å²) in [5.74, 6) is 0.0584. The number of aryl methyl sites for hydroxylation is 1. The number of fused-ring (bicyclic) bond motifs is 1. The molecule has 0 atom stereocenters. The van der Waals surface area contributed by atoms with Crippen molar-refractivity contribution in [2.24, 2.45) is 0 Å². The number of hydrogen-bond donors (Lipinski definition) is 1. The Bertz CT molecular complexity index is 870. The number of ether oxygens (including phenoxy) is 2. The summed E-state index contributed by atoms with van der Waals surface area (Å²) in [7, 11) is 2.89. The van der Waals surface area contributed by atoms with Crippen LogP contribution >= 0.6 is 0 Å². The van der Waals surface area contributed by atoms with Gasteiger partial charge < -0.3 is 14.8 Å². The quantitative estimate of drug-likeness (QED) is 0.738. The van der Waals surface area contributed by atoms with Gasteiger partial charge in [-0.05, 0) is 19.1 Å². The number of aromatic nitrogens is 5. The largest absolute Gasteiger partial charge is 0.467 e. The SMILES string of the molecule is COc1nc(CNC(=O)c2c(C)nc3ccccn23)nc(OC)n1. The normalized spacial score (nSPS) is 10.6. The molecule has 24 heavy (non-hydrogen) atoms. The summed E-state index contributed by atoms with van der Waals surface area (Å²) in [4.78, 5) is 28.9. The van der Waals surface area contributed by atoms with Gasteiger partial charge in [0, 0.05) is 6.20 Å². The first-order valence-corrected chi connectivity index (χ1v) is 7.17. The van der Waals surface area contributed by atoms with E-state index in [1.54, 1.807) is 17.5 Å². The molecule has 1 amide bonds. The molecular formula is C15H16N6O3. The first-order valence-electron chi connectivity index (χ1n) is 7.17. The van der Waals surface area contributed by atoms with Crippen LogP contribution in [0.25, 0.3) is 5.65 Å². The molecule has 0 spiro atoms. The van der Waals surface area contributed by atoms with Crippen LogP contribution in [0.15, 0.2) is 24.4 Å². The number of methoxy groups -OCH3 is 2. The summed E-state index contributed by atoms with van der Waals surface area (Å²) >= 11 is 0. The van der Waals surface area contributed by atoms with Gasteiger partial charge in [-0.2, -0.15) is 9.97 Å². The highest BCUT2D eigenvalue weighted by atomic mass is 16.5. The predicted molar refractivity (Wildman–Crippen MR) is 84.0 cm³/mol. The molecule has 0 saturated carbocycles. The molecule has 3 rings (SSSR count). The molecular weight excluding hydrogens is 312 g/mol. The lowest BCUT2D eigenvalue weighted by Gasteiger charge is -2.07. The highest BCUT2D eigenvalue weighted by molar-refractivity contribution is 5.94. The molecule has 0 saturated heterocycles. The number of carbonyl (C=O) groups excluding carboxylic acids is 1. The van der Waals surface area contributed by atoms with Crippen molar-refractivity contribution >= 4 is 11.6 Å². The Balaban J connectivity index is 1.81. The highest BCUT2D eigenvalue weighted by Crippen LogP contribution is 2.12. The van der Waals surface area contributed by atoms with E-state index in [0.717, 1.165) is 0 Å². The summed E-state index contributed by atoms with van der Waals surface area (Å²) in [5.41, 5.74) is 1.83. The lowest BCUT2D eigenvalue weighted by atomic mass is 10.3. The lowest BCUT2D eigenvalue weighted by molar-refractivity contribution is 0.0943. The average Bonchev–Trinajstić information content (AvgIpc) is 2.95. The first-order chi connectivity index (χ1) is 11.6. The summed E-state index contributed by atoms with van der Waals surface area (Å²) in [6.45, 7) is 1.89. The molecule has 3 aromatic heterocycles. The van der Waals surface area contributed by atoms with Gasteiger partial charge in [0.05, 0.1) is 26.5 Å². The minimum atomic E-state index is -0.274. The van der Waals surface area contributed by atoms with E-state index in [9.17, 15) is 4.79 Å². The Morgan fingerprint density at radius 1 is 1.12 bits per heavy atom. The van der Waals surface area contributed by atoms with E-state index in [-0.39, 0.29) is 24.5 Å². The van der Waals surface area contributed by atoms with Gasteiger partial charge in [-0.1, -0.05) is 6.07 Å². The van der Waals surface area contributed by atoms with Crippen molar-refractivity contribution in [1.82, 2.24) is 29.7 Å². The van der Waals surface area contributed by atoms with Gasteiger partial charge in [0.1, 0.15) is 11.3 Å². The molecule has 124 valence electrons. The monoisotopic (exact) mass is 328 g/mol. The van der Waals surface area contributed by atoms with Crippen LogP contribution in [0.3, 0.4) is 0 Å². The van der Waals surface area contributed by atoms with Gasteiger partial charge >= 0.3 is 12.0 Å². The number of carbonyl (C=O) groups is 1. The van der Waals surface area contributed by atoms with Gasteiger partial charge in [0.25, 0.3) is 5.91 Å². The number of nitrogens with zero attached hydrogens (tertiary/aromatic N) is 5. The van der Waals surface area contributed by atoms with Crippen molar-refractivity contribution in [2.45, 2.75) is 13.5 Å². The summed E-state index contributed by atoms with van der Waals surface area (Å²) < 4.78 is 11.7. The Kier molecular flexibility index (Phi) is 4.23. The smallest absolute Gasteiger partial charge is 0.322 e. The van der Waals surface area contributed by atoms with E-state index in [2.05, 4.69) is 25.3 Å². The van der Waals surface area contributed by atoms with Crippen molar-refractivity contribution in [3.05, 3.63) is 41.6 Å². The van der Waals surface area contributed by atoms with Crippen LogP contribution in [0.5, 0.6) is 12.0 Å². The Hall–Kier alpha value is -3.23. The maximum absolute atomic E-state index is 12.5. The molecule has 1 N–H and O–H groups in total. The molecule has 0 radical (unpaired) electrons. The van der Waals surface area contributed by atoms with Crippen LogP contribution in [0, 0.1) is 6.92 Å². The number of imidazole rings is 1. The highest BCUT2D eigenvalue weighted by Gasteiger charge is 2.17. The fourth-order valence-corrected chi connectivity index (χ4v) is 2.27. The third-order valence-electron chi connectivity index (χ3n) is 3.33. The topological polar surface area (TPSA) is 104 Å². The minimum Gasteiger partial charge on any atom is -0.467 e. The maximum Gasteiger partial charge on any atom is 0.322 e. The molecule has 0 aromatic carbocycles. The Labute approximate surface area is 137 Å². The number of pyridine rings is 1. The summed E-state index contributed by atoms with van der Waals surface area (Å²) in [6.07, 6.45) is 1.79. The first kappa shape index (κ1) is 15.7. The van der Waals surface area contributed by atoms with Crippen molar-refractivity contribution in [3.63, 3.8) is 0 Å². The van der Waals surface area contributed by atoms with Crippen molar-refractivity contribution in [2.75, 3.05) is 14.2 Å². The molecule has 3 heterocycles. The molecule has 9 nitrogen and oxygen atoms in total. The van der Waals surface area contributed by atoms with E-state index in [4.69, 9.17) is 9.47 Å². The fraction of sp³-hybridized carbons (Fsp3) is 0.267. The van der Waals surface area contributed by atoms with E-state index < -0.39 is 0 Å². The Morgan fingerprint density at radius 2 is 1.83 bits per heavy atom. The van der Waals surface area contributed by atoms with Crippen molar-refractivity contribution in [3.8, 4) is 12.0 Å². The predicted octanol–water partition coefficient (Wildman–Crippen LogP) is 0.775. The molecule has 0 aliphatic heterocycles. The number of amides is 1. The van der Waals surface area contributed by atoms with Gasteiger partial charge in [-0.15, -0.1) is 4.98 Å². The van der Waals surface area contributed by atoms with Crippen LogP contribution in [-0.2, 0) is 6.54 Å². The molecule has 9 heteroatoms. The second-order valence-electron chi connectivity index (χ2n) is 4.88. The summed E-state index contributed by atoms with van der Waals surface area (Å²) in [5, 5.41) is 2.77. The molecule has 0 unspecified atom stereocenters. The van der Waals surface area contributed by atoms with Crippen LogP contribution in [-0.4, -0.2) is 44.5 Å². The van der Waals surface area contributed by atoms with Crippen LogP contribution in [0.1, 0.15) is 22.0 Å². The fourth-order valence-electron chi connectivity index (χ4n) is 2.27. The van der Waals surface area contributed by atoms with E-state index >= 15 is 0 Å². The van der Waals surface area contributed by atoms with Gasteiger partial charge in [-0.25, -0.2) is 4.98 Å². The Morgan fingerprint density at radius 3 is 2.50 bits per heavy atom. The van der Waals surface area contributed by atoms with Crippen molar-refractivity contribution in [1.29, 1.82) is 0 Å². The van der Waals surface area contributed by atoms with Crippen LogP contribution in [0.4, 0.5) is 0 Å². The third-order valence-corrected chi connectivity index (χ3v) is 3.33. The molecule has 0 bridgehead atoms. The van der Waals surface area contributed by atoms with Crippen LogP contribution in [0.2, 0.25) is 0 Å². The molecule has 0 aliphatic rings. The number of nitrogens with one attached hydrogen (secondary N) is 1. The van der Waals surface area contributed by atoms with Crippen molar-refractivity contribution < 1.29 is 14.3 Å². The molecule has 0 fully saturated rings. The van der Waals surface area contributed by atoms with E-state index in [1.165, 1.54) is 14.2 Å². The second-order valence-corrected chi connectivity index (χ2v) is 4.88. The molecule has 0 aliphatic carbocycles. The van der Waals surface area contributed by atoms with Gasteiger partial charge in [-0.3, -0.25) is 9.20 Å². The zero-order valence-electron chi connectivity index (χ0n) is 13.5. The lowest BCUT2D eigenvalue weighted by Crippen LogP contribution is -2.26. The number of rotatable bonds is 5. The minimum absolute atomic E-state index is 0.105. The second kappa shape index (κ2) is 6.49. The van der Waals surface area contributed by atoms with E-state index in [1.807, 2.05) is 18.2 Å². The zero-order valence-corrected chi connectivity index (χ0v) is 13.5. The zero-order chi connectivity index (χ0) is 17.1. The average molecular weight is 328 g/mol. The van der Waals surface area contributed by atoms with Crippen LogP contribution < -0.4 is 14.8 Å². The standard InChI is InChI=1S/C15H16N6O3/c1-9-12(21-7-5-4-6-11(21)17-9)13(22)16-8-10-18-14(23-2)20-15(19-10)24-3/h4-7H,8H2,1-3H3,(H,16,22). The summed E-state index contributed by atoms with van der Waals surface area (Å²) in [6, 6.07) is 5.79. The maximum atomic E-state index is 12.5.